The molecule has 1 N–H and O–H groups in total. The summed E-state index contributed by atoms with van der Waals surface area (Å²) in [5.74, 6) is 1.37. The lowest BCUT2D eigenvalue weighted by atomic mass is 10.0. The van der Waals surface area contributed by atoms with Crippen molar-refractivity contribution in [3.63, 3.8) is 0 Å². The maximum absolute atomic E-state index is 11.7. The predicted molar refractivity (Wildman–Crippen MR) is 71.0 cm³/mol. The van der Waals surface area contributed by atoms with Crippen molar-refractivity contribution in [3.05, 3.63) is 0 Å². The Morgan fingerprint density at radius 3 is 2.06 bits per heavy atom. The monoisotopic (exact) mass is 252 g/mol. The van der Waals surface area contributed by atoms with Crippen LogP contribution in [0.5, 0.6) is 0 Å². The van der Waals surface area contributed by atoms with E-state index in [1.165, 1.54) is 0 Å². The molecule has 1 aliphatic heterocycles. The fourth-order valence-electron chi connectivity index (χ4n) is 2.84. The first kappa shape index (κ1) is 14.8. The van der Waals surface area contributed by atoms with E-state index in [0.717, 1.165) is 25.9 Å². The second-order valence-electron chi connectivity index (χ2n) is 5.40. The summed E-state index contributed by atoms with van der Waals surface area (Å²) in [6, 6.07) is 2.45. The standard InChI is InChI=1S/C11H17N3O.C2H7N/c1-13(2)11(15)14-6-9-3-8(5-12)4-10(9)7-14;1-3-2/h8-10H,3-4,6-7H2,1-2H3;3H,1-2H3. The van der Waals surface area contributed by atoms with Crippen molar-refractivity contribution in [2.75, 3.05) is 41.3 Å². The van der Waals surface area contributed by atoms with Gasteiger partial charge in [-0.25, -0.2) is 4.79 Å². The molecule has 2 atom stereocenters. The van der Waals surface area contributed by atoms with Crippen molar-refractivity contribution in [1.82, 2.24) is 15.1 Å². The zero-order chi connectivity index (χ0) is 13.7. The number of carbonyl (C=O) groups excluding carboxylic acids is 1. The highest BCUT2D eigenvalue weighted by Gasteiger charge is 2.42. The van der Waals surface area contributed by atoms with E-state index in [1.807, 2.05) is 19.0 Å². The number of fused-ring (bicyclic) bond motifs is 1. The average molecular weight is 252 g/mol. The molecule has 1 saturated carbocycles. The molecule has 2 aliphatic rings. The fraction of sp³-hybridized carbons (Fsp3) is 0.846. The molecule has 5 heteroatoms. The molecular weight excluding hydrogens is 228 g/mol. The molecule has 2 amide bonds. The highest BCUT2D eigenvalue weighted by atomic mass is 16.2. The first-order valence-corrected chi connectivity index (χ1v) is 6.47. The minimum atomic E-state index is 0.109. The quantitative estimate of drug-likeness (QED) is 0.699. The molecule has 0 spiro atoms. The molecule has 102 valence electrons. The second-order valence-corrected chi connectivity index (χ2v) is 5.40. The highest BCUT2D eigenvalue weighted by Crippen LogP contribution is 2.41. The summed E-state index contributed by atoms with van der Waals surface area (Å²) in [6.07, 6.45) is 1.97. The molecule has 0 radical (unpaired) electrons. The van der Waals surface area contributed by atoms with E-state index in [0.29, 0.717) is 11.8 Å². The van der Waals surface area contributed by atoms with Gasteiger partial charge in [0.05, 0.1) is 6.07 Å². The summed E-state index contributed by atoms with van der Waals surface area (Å²) in [7, 11) is 7.32. The lowest BCUT2D eigenvalue weighted by molar-refractivity contribution is 0.177. The van der Waals surface area contributed by atoms with Gasteiger partial charge in [0.1, 0.15) is 0 Å². The third kappa shape index (κ3) is 3.36. The summed E-state index contributed by atoms with van der Waals surface area (Å²) >= 11 is 0. The number of amides is 2. The van der Waals surface area contributed by atoms with Crippen LogP contribution in [0.2, 0.25) is 0 Å². The summed E-state index contributed by atoms with van der Waals surface area (Å²) in [4.78, 5) is 15.3. The molecular formula is C13H24N4O. The Balaban J connectivity index is 0.000000492. The number of nitriles is 1. The number of hydrogen-bond acceptors (Lipinski definition) is 3. The van der Waals surface area contributed by atoms with E-state index < -0.39 is 0 Å². The number of nitrogens with zero attached hydrogens (tertiary/aromatic N) is 3. The summed E-state index contributed by atoms with van der Waals surface area (Å²) in [6.45, 7) is 1.69. The number of urea groups is 1. The Bertz CT molecular complexity index is 309. The van der Waals surface area contributed by atoms with Gasteiger partial charge in [-0.15, -0.1) is 0 Å². The van der Waals surface area contributed by atoms with Crippen molar-refractivity contribution in [1.29, 1.82) is 5.26 Å². The third-order valence-electron chi connectivity index (χ3n) is 3.59. The SMILES string of the molecule is CN(C)C(=O)N1CC2CC(C#N)CC2C1.CNC. The van der Waals surface area contributed by atoms with Gasteiger partial charge in [-0.3, -0.25) is 0 Å². The van der Waals surface area contributed by atoms with Crippen LogP contribution in [0.15, 0.2) is 0 Å². The van der Waals surface area contributed by atoms with Crippen LogP contribution in [-0.4, -0.2) is 57.1 Å². The van der Waals surface area contributed by atoms with Crippen molar-refractivity contribution >= 4 is 6.03 Å². The van der Waals surface area contributed by atoms with E-state index in [-0.39, 0.29) is 11.9 Å². The number of nitrogens with one attached hydrogen (secondary N) is 1. The second kappa shape index (κ2) is 6.60. The maximum Gasteiger partial charge on any atom is 0.319 e. The Morgan fingerprint density at radius 2 is 1.72 bits per heavy atom. The van der Waals surface area contributed by atoms with E-state index in [2.05, 4.69) is 11.4 Å². The van der Waals surface area contributed by atoms with Gasteiger partial charge < -0.3 is 15.1 Å². The zero-order valence-corrected chi connectivity index (χ0v) is 11.8. The molecule has 1 aliphatic carbocycles. The highest BCUT2D eigenvalue weighted by molar-refractivity contribution is 5.74. The van der Waals surface area contributed by atoms with Gasteiger partial charge >= 0.3 is 6.03 Å². The number of likely N-dealkylation sites (tertiary alicyclic amines) is 1. The van der Waals surface area contributed by atoms with Crippen LogP contribution < -0.4 is 5.32 Å². The normalized spacial score (nSPS) is 29.1. The molecule has 0 bridgehead atoms. The van der Waals surface area contributed by atoms with Crippen LogP contribution in [0.25, 0.3) is 0 Å². The number of rotatable bonds is 0. The first-order chi connectivity index (χ1) is 8.53. The van der Waals surface area contributed by atoms with Gasteiger partial charge in [0.25, 0.3) is 0 Å². The van der Waals surface area contributed by atoms with Crippen LogP contribution in [-0.2, 0) is 0 Å². The average Bonchev–Trinajstić information content (AvgIpc) is 2.85. The van der Waals surface area contributed by atoms with Crippen molar-refractivity contribution in [2.24, 2.45) is 17.8 Å². The summed E-state index contributed by atoms with van der Waals surface area (Å²) < 4.78 is 0. The van der Waals surface area contributed by atoms with Crippen LogP contribution in [0.1, 0.15) is 12.8 Å². The van der Waals surface area contributed by atoms with Crippen LogP contribution in [0.3, 0.4) is 0 Å². The van der Waals surface area contributed by atoms with E-state index in [1.54, 1.807) is 19.0 Å². The Hall–Kier alpha value is -1.28. The molecule has 5 nitrogen and oxygen atoms in total. The summed E-state index contributed by atoms with van der Waals surface area (Å²) in [5.41, 5.74) is 0. The molecule has 0 aromatic rings. The van der Waals surface area contributed by atoms with Gasteiger partial charge in [-0.2, -0.15) is 5.26 Å². The van der Waals surface area contributed by atoms with Gasteiger partial charge in [0.2, 0.25) is 0 Å². The Kier molecular flexibility index (Phi) is 5.42. The van der Waals surface area contributed by atoms with Crippen LogP contribution in [0.4, 0.5) is 4.79 Å². The lowest BCUT2D eigenvalue weighted by Gasteiger charge is -2.22. The van der Waals surface area contributed by atoms with Gasteiger partial charge in [-0.1, -0.05) is 0 Å². The first-order valence-electron chi connectivity index (χ1n) is 6.47. The Labute approximate surface area is 110 Å². The smallest absolute Gasteiger partial charge is 0.319 e. The molecule has 18 heavy (non-hydrogen) atoms. The topological polar surface area (TPSA) is 59.4 Å². The largest absolute Gasteiger partial charge is 0.331 e. The fourth-order valence-corrected chi connectivity index (χ4v) is 2.84. The van der Waals surface area contributed by atoms with Gasteiger partial charge in [-0.05, 0) is 38.8 Å². The predicted octanol–water partition coefficient (Wildman–Crippen LogP) is 0.985. The Morgan fingerprint density at radius 1 is 1.28 bits per heavy atom. The molecule has 2 unspecified atom stereocenters. The molecule has 0 aromatic heterocycles. The van der Waals surface area contributed by atoms with Crippen molar-refractivity contribution in [3.8, 4) is 6.07 Å². The molecule has 1 saturated heterocycles. The minimum Gasteiger partial charge on any atom is -0.331 e. The number of carbonyl (C=O) groups is 1. The van der Waals surface area contributed by atoms with Crippen molar-refractivity contribution in [2.45, 2.75) is 12.8 Å². The van der Waals surface area contributed by atoms with E-state index in [4.69, 9.17) is 5.26 Å². The van der Waals surface area contributed by atoms with E-state index >= 15 is 0 Å². The maximum atomic E-state index is 11.7. The minimum absolute atomic E-state index is 0.109. The molecule has 2 fully saturated rings. The lowest BCUT2D eigenvalue weighted by Crippen LogP contribution is -2.38. The number of hydrogen-bond donors (Lipinski definition) is 1. The van der Waals surface area contributed by atoms with Gasteiger partial charge in [0.15, 0.2) is 0 Å². The molecule has 1 heterocycles. The third-order valence-corrected chi connectivity index (χ3v) is 3.59. The molecule has 0 aromatic carbocycles. The molecule has 2 rings (SSSR count). The summed E-state index contributed by atoms with van der Waals surface area (Å²) in [5, 5.41) is 11.6. The van der Waals surface area contributed by atoms with Crippen LogP contribution >= 0.6 is 0 Å². The van der Waals surface area contributed by atoms with Gasteiger partial charge in [0, 0.05) is 33.1 Å². The zero-order valence-electron chi connectivity index (χ0n) is 11.8. The van der Waals surface area contributed by atoms with Crippen molar-refractivity contribution < 1.29 is 4.79 Å². The van der Waals surface area contributed by atoms with E-state index in [9.17, 15) is 4.79 Å². The van der Waals surface area contributed by atoms with Crippen LogP contribution in [0, 0.1) is 29.1 Å².